The molecule has 0 aliphatic heterocycles. The van der Waals surface area contributed by atoms with Gasteiger partial charge in [0, 0.05) is 12.2 Å². The van der Waals surface area contributed by atoms with E-state index < -0.39 is 0 Å². The zero-order valence-corrected chi connectivity index (χ0v) is 10.5. The van der Waals surface area contributed by atoms with E-state index >= 15 is 0 Å². The van der Waals surface area contributed by atoms with Crippen LogP contribution >= 0.6 is 0 Å². The van der Waals surface area contributed by atoms with Crippen LogP contribution in [-0.4, -0.2) is 9.55 Å². The molecule has 0 atom stereocenters. The molecule has 0 bridgehead atoms. The zero-order chi connectivity index (χ0) is 13.1. The molecule has 2 N–H and O–H groups in total. The van der Waals surface area contributed by atoms with Crippen LogP contribution in [0, 0.1) is 0 Å². The maximum absolute atomic E-state index is 5.70. The molecule has 3 rings (SSSR count). The highest BCUT2D eigenvalue weighted by Crippen LogP contribution is 2.19. The highest BCUT2D eigenvalue weighted by molar-refractivity contribution is 5.58. The molecular weight excluding hydrogens is 234 g/mol. The first-order valence-electron chi connectivity index (χ1n) is 6.23. The molecule has 0 aliphatic carbocycles. The maximum atomic E-state index is 5.70. The van der Waals surface area contributed by atoms with Crippen molar-refractivity contribution < 1.29 is 0 Å². The van der Waals surface area contributed by atoms with Crippen LogP contribution < -0.4 is 5.73 Å². The van der Waals surface area contributed by atoms with E-state index in [0.29, 0.717) is 0 Å². The Hall–Kier alpha value is -2.55. The number of hydrogen-bond donors (Lipinski definition) is 1. The summed E-state index contributed by atoms with van der Waals surface area (Å²) in [6, 6.07) is 18.2. The van der Waals surface area contributed by atoms with E-state index in [4.69, 9.17) is 5.73 Å². The summed E-state index contributed by atoms with van der Waals surface area (Å²) in [5, 5.41) is 0. The lowest BCUT2D eigenvalue weighted by atomic mass is 10.1. The van der Waals surface area contributed by atoms with Crippen molar-refractivity contribution in [2.45, 2.75) is 6.54 Å². The van der Waals surface area contributed by atoms with Gasteiger partial charge >= 0.3 is 0 Å². The third-order valence-corrected chi connectivity index (χ3v) is 3.11. The topological polar surface area (TPSA) is 43.8 Å². The molecule has 1 heterocycles. The van der Waals surface area contributed by atoms with Crippen LogP contribution in [0.25, 0.3) is 11.3 Å². The average Bonchev–Trinajstić information content (AvgIpc) is 2.90. The minimum absolute atomic E-state index is 0.790. The Labute approximate surface area is 112 Å². The number of benzene rings is 2. The quantitative estimate of drug-likeness (QED) is 0.724. The van der Waals surface area contributed by atoms with Crippen molar-refractivity contribution >= 4 is 5.69 Å². The number of rotatable bonds is 3. The molecule has 0 aliphatic rings. The second-order valence-corrected chi connectivity index (χ2v) is 4.51. The predicted molar refractivity (Wildman–Crippen MR) is 77.6 cm³/mol. The van der Waals surface area contributed by atoms with Gasteiger partial charge in [0.25, 0.3) is 0 Å². The molecule has 3 heteroatoms. The van der Waals surface area contributed by atoms with Crippen molar-refractivity contribution in [1.82, 2.24) is 9.55 Å². The van der Waals surface area contributed by atoms with Crippen molar-refractivity contribution in [3.05, 3.63) is 72.7 Å². The summed E-state index contributed by atoms with van der Waals surface area (Å²) in [5.41, 5.74) is 10.0. The van der Waals surface area contributed by atoms with E-state index in [1.807, 2.05) is 55.0 Å². The fraction of sp³-hybridized carbons (Fsp3) is 0.0625. The Morgan fingerprint density at radius 1 is 0.947 bits per heavy atom. The highest BCUT2D eigenvalue weighted by Gasteiger charge is 2.04. The average molecular weight is 249 g/mol. The number of nitrogens with two attached hydrogens (primary N) is 1. The summed E-state index contributed by atoms with van der Waals surface area (Å²) in [6.07, 6.45) is 3.76. The summed E-state index contributed by atoms with van der Waals surface area (Å²) >= 11 is 0. The van der Waals surface area contributed by atoms with E-state index in [9.17, 15) is 0 Å². The van der Waals surface area contributed by atoms with Crippen LogP contribution in [0.4, 0.5) is 5.69 Å². The number of imidazole rings is 1. The van der Waals surface area contributed by atoms with Crippen LogP contribution in [0.5, 0.6) is 0 Å². The first-order valence-corrected chi connectivity index (χ1v) is 6.23. The molecule has 1 aromatic heterocycles. The van der Waals surface area contributed by atoms with Crippen LogP contribution in [0.3, 0.4) is 0 Å². The minimum atomic E-state index is 0.790. The number of aromatic nitrogens is 2. The second kappa shape index (κ2) is 4.98. The van der Waals surface area contributed by atoms with E-state index in [1.165, 1.54) is 11.1 Å². The molecule has 19 heavy (non-hydrogen) atoms. The smallest absolute Gasteiger partial charge is 0.0954 e. The molecule has 3 aromatic rings. The summed E-state index contributed by atoms with van der Waals surface area (Å²) in [6.45, 7) is 0.796. The van der Waals surface area contributed by atoms with Gasteiger partial charge in [-0.25, -0.2) is 4.98 Å². The molecule has 0 saturated carbocycles. The van der Waals surface area contributed by atoms with Gasteiger partial charge in [0.1, 0.15) is 0 Å². The SMILES string of the molecule is Nc1ccc(Cn2cncc2-c2ccccc2)cc1. The van der Waals surface area contributed by atoms with Gasteiger partial charge in [-0.2, -0.15) is 0 Å². The number of anilines is 1. The third kappa shape index (κ3) is 2.50. The Kier molecular flexibility index (Phi) is 3.02. The van der Waals surface area contributed by atoms with Crippen LogP contribution in [0.2, 0.25) is 0 Å². The Morgan fingerprint density at radius 3 is 2.42 bits per heavy atom. The summed E-state index contributed by atoms with van der Waals surface area (Å²) < 4.78 is 2.14. The minimum Gasteiger partial charge on any atom is -0.399 e. The summed E-state index contributed by atoms with van der Waals surface area (Å²) in [4.78, 5) is 4.25. The van der Waals surface area contributed by atoms with Gasteiger partial charge in [-0.05, 0) is 23.3 Å². The third-order valence-electron chi connectivity index (χ3n) is 3.11. The Morgan fingerprint density at radius 2 is 1.68 bits per heavy atom. The molecule has 0 unspecified atom stereocenters. The predicted octanol–water partition coefficient (Wildman–Crippen LogP) is 3.18. The van der Waals surface area contributed by atoms with Gasteiger partial charge < -0.3 is 10.3 Å². The van der Waals surface area contributed by atoms with Gasteiger partial charge in [-0.15, -0.1) is 0 Å². The lowest BCUT2D eigenvalue weighted by Crippen LogP contribution is -2.00. The molecule has 3 nitrogen and oxygen atoms in total. The zero-order valence-electron chi connectivity index (χ0n) is 10.5. The van der Waals surface area contributed by atoms with Gasteiger partial charge in [0.05, 0.1) is 18.2 Å². The molecule has 0 saturated heterocycles. The van der Waals surface area contributed by atoms with Crippen LogP contribution in [0.15, 0.2) is 67.1 Å². The fourth-order valence-electron chi connectivity index (χ4n) is 2.12. The van der Waals surface area contributed by atoms with E-state index in [2.05, 4.69) is 21.7 Å². The number of hydrogen-bond acceptors (Lipinski definition) is 2. The molecule has 0 spiro atoms. The first kappa shape index (κ1) is 11.5. The monoisotopic (exact) mass is 249 g/mol. The van der Waals surface area contributed by atoms with Crippen molar-refractivity contribution in [2.24, 2.45) is 0 Å². The Balaban J connectivity index is 1.91. The first-order chi connectivity index (χ1) is 9.33. The van der Waals surface area contributed by atoms with E-state index in [1.54, 1.807) is 0 Å². The maximum Gasteiger partial charge on any atom is 0.0954 e. The van der Waals surface area contributed by atoms with Gasteiger partial charge in [0.2, 0.25) is 0 Å². The normalized spacial score (nSPS) is 10.5. The highest BCUT2D eigenvalue weighted by atomic mass is 15.0. The van der Waals surface area contributed by atoms with Gasteiger partial charge in [0.15, 0.2) is 0 Å². The number of nitrogen functional groups attached to an aromatic ring is 1. The second-order valence-electron chi connectivity index (χ2n) is 4.51. The van der Waals surface area contributed by atoms with Gasteiger partial charge in [-0.3, -0.25) is 0 Å². The van der Waals surface area contributed by atoms with E-state index in [0.717, 1.165) is 17.9 Å². The molecular formula is C16H15N3. The van der Waals surface area contributed by atoms with Crippen LogP contribution in [0.1, 0.15) is 5.56 Å². The van der Waals surface area contributed by atoms with E-state index in [-0.39, 0.29) is 0 Å². The van der Waals surface area contributed by atoms with Gasteiger partial charge in [-0.1, -0.05) is 42.5 Å². The van der Waals surface area contributed by atoms with Crippen molar-refractivity contribution in [3.8, 4) is 11.3 Å². The number of nitrogens with zero attached hydrogens (tertiary/aromatic N) is 2. The molecule has 0 fully saturated rings. The standard InChI is InChI=1S/C16H15N3/c17-15-8-6-13(7-9-15)11-19-12-18-10-16(19)14-4-2-1-3-5-14/h1-10,12H,11,17H2. The molecule has 2 aromatic carbocycles. The van der Waals surface area contributed by atoms with Crippen molar-refractivity contribution in [1.29, 1.82) is 0 Å². The lowest BCUT2D eigenvalue weighted by molar-refractivity contribution is 0.805. The lowest BCUT2D eigenvalue weighted by Gasteiger charge is -2.08. The van der Waals surface area contributed by atoms with Crippen molar-refractivity contribution in [2.75, 3.05) is 5.73 Å². The Bertz CT molecular complexity index is 654. The summed E-state index contributed by atoms with van der Waals surface area (Å²) in [5.74, 6) is 0. The largest absolute Gasteiger partial charge is 0.399 e. The molecule has 94 valence electrons. The summed E-state index contributed by atoms with van der Waals surface area (Å²) in [7, 11) is 0. The molecule has 0 amide bonds. The molecule has 0 radical (unpaired) electrons. The van der Waals surface area contributed by atoms with Crippen LogP contribution in [-0.2, 0) is 6.54 Å². The fourth-order valence-corrected chi connectivity index (χ4v) is 2.12. The van der Waals surface area contributed by atoms with Crippen molar-refractivity contribution in [3.63, 3.8) is 0 Å².